The number of esters is 3. The highest BCUT2D eigenvalue weighted by molar-refractivity contribution is 5.96. The largest absolute Gasteiger partial charge is 0.507 e. The van der Waals surface area contributed by atoms with Crippen LogP contribution in [0, 0.1) is 0 Å². The second kappa shape index (κ2) is 7.98. The van der Waals surface area contributed by atoms with Crippen LogP contribution in [0.15, 0.2) is 30.4 Å². The summed E-state index contributed by atoms with van der Waals surface area (Å²) in [5.74, 6) is -3.05. The first-order valence-electron chi connectivity index (χ1n) is 6.80. The summed E-state index contributed by atoms with van der Waals surface area (Å²) >= 11 is 0. The van der Waals surface area contributed by atoms with Gasteiger partial charge in [0.2, 0.25) is 0 Å². The summed E-state index contributed by atoms with van der Waals surface area (Å²) in [5.41, 5.74) is -0.145. The van der Waals surface area contributed by atoms with Crippen molar-refractivity contribution in [2.45, 2.75) is 26.4 Å². The van der Waals surface area contributed by atoms with E-state index in [9.17, 15) is 19.5 Å². The molecule has 0 fully saturated rings. The summed E-state index contributed by atoms with van der Waals surface area (Å²) in [5, 5.41) is 9.73. The number of phenols is 1. The smallest absolute Gasteiger partial charge is 0.352 e. The molecule has 0 aliphatic rings. The molecule has 0 radical (unpaired) electrons. The molecule has 1 aromatic rings. The van der Waals surface area contributed by atoms with E-state index in [0.29, 0.717) is 0 Å². The van der Waals surface area contributed by atoms with Gasteiger partial charge < -0.3 is 19.3 Å². The third-order valence-corrected chi connectivity index (χ3v) is 2.84. The number of ether oxygens (including phenoxy) is 3. The van der Waals surface area contributed by atoms with Gasteiger partial charge in [-0.15, -0.1) is 0 Å². The summed E-state index contributed by atoms with van der Waals surface area (Å²) in [6.45, 7) is 6.50. The molecule has 0 saturated carbocycles. The molecule has 0 aliphatic carbocycles. The minimum Gasteiger partial charge on any atom is -0.507 e. The minimum atomic E-state index is -1.16. The maximum Gasteiger partial charge on any atom is 0.352 e. The van der Waals surface area contributed by atoms with Crippen molar-refractivity contribution >= 4 is 17.9 Å². The van der Waals surface area contributed by atoms with Gasteiger partial charge in [-0.1, -0.05) is 19.6 Å². The highest BCUT2D eigenvalue weighted by Crippen LogP contribution is 2.28. The van der Waals surface area contributed by atoms with Gasteiger partial charge in [0.25, 0.3) is 0 Å². The number of carbonyl (C=O) groups excluding carboxylic acids is 3. The number of benzene rings is 1. The second-order valence-electron chi connectivity index (χ2n) is 4.65. The molecule has 1 rings (SSSR count). The lowest BCUT2D eigenvalue weighted by molar-refractivity contribution is -0.159. The van der Waals surface area contributed by atoms with Crippen molar-refractivity contribution in [3.8, 4) is 11.5 Å². The van der Waals surface area contributed by atoms with Crippen molar-refractivity contribution in [2.24, 2.45) is 0 Å². The molecule has 0 amide bonds. The molecule has 0 aromatic heterocycles. The van der Waals surface area contributed by atoms with Crippen molar-refractivity contribution in [3.05, 3.63) is 35.9 Å². The normalized spacial score (nSPS) is 11.3. The summed E-state index contributed by atoms with van der Waals surface area (Å²) in [4.78, 5) is 35.3. The predicted octanol–water partition coefficient (Wildman–Crippen LogP) is 1.98. The maximum atomic E-state index is 12.1. The molecule has 0 saturated heterocycles. The molecule has 7 heteroatoms. The van der Waals surface area contributed by atoms with Gasteiger partial charge in [-0.25, -0.2) is 14.4 Å². The van der Waals surface area contributed by atoms with Gasteiger partial charge in [0, 0.05) is 5.57 Å². The maximum absolute atomic E-state index is 12.1. The van der Waals surface area contributed by atoms with Crippen LogP contribution in [0.2, 0.25) is 0 Å². The fourth-order valence-electron chi connectivity index (χ4n) is 1.61. The number of carbonyl (C=O) groups is 3. The Kier molecular flexibility index (Phi) is 6.32. The molecular formula is C16H18O7. The van der Waals surface area contributed by atoms with E-state index in [-0.39, 0.29) is 23.3 Å². The first kappa shape index (κ1) is 18.2. The van der Waals surface area contributed by atoms with Crippen LogP contribution in [0.5, 0.6) is 11.5 Å². The summed E-state index contributed by atoms with van der Waals surface area (Å²) in [6.07, 6.45) is -0.989. The lowest BCUT2D eigenvalue weighted by Gasteiger charge is -2.16. The molecule has 7 nitrogen and oxygen atoms in total. The molecule has 1 atom stereocenters. The van der Waals surface area contributed by atoms with Crippen LogP contribution in [0.1, 0.15) is 30.6 Å². The van der Waals surface area contributed by atoms with Gasteiger partial charge in [-0.2, -0.15) is 0 Å². The highest BCUT2D eigenvalue weighted by atomic mass is 16.6. The molecule has 1 unspecified atom stereocenters. The molecule has 1 aromatic carbocycles. The molecule has 23 heavy (non-hydrogen) atoms. The van der Waals surface area contributed by atoms with E-state index in [4.69, 9.17) is 9.47 Å². The Labute approximate surface area is 133 Å². The zero-order valence-electron chi connectivity index (χ0n) is 13.1. The molecule has 0 spiro atoms. The Bertz CT molecular complexity index is 633. The van der Waals surface area contributed by atoms with Crippen LogP contribution < -0.4 is 4.74 Å². The Balaban J connectivity index is 3.00. The number of rotatable bonds is 6. The lowest BCUT2D eigenvalue weighted by Crippen LogP contribution is -2.31. The van der Waals surface area contributed by atoms with Crippen LogP contribution in [-0.2, 0) is 19.1 Å². The van der Waals surface area contributed by atoms with Gasteiger partial charge in [0.1, 0.15) is 17.1 Å². The average Bonchev–Trinajstić information content (AvgIpc) is 2.51. The van der Waals surface area contributed by atoms with E-state index in [1.165, 1.54) is 25.1 Å². The quantitative estimate of drug-likeness (QED) is 0.485. The number of hydrogen-bond donors (Lipinski definition) is 1. The average molecular weight is 322 g/mol. The van der Waals surface area contributed by atoms with Crippen molar-refractivity contribution in [1.82, 2.24) is 0 Å². The van der Waals surface area contributed by atoms with E-state index >= 15 is 0 Å². The first-order chi connectivity index (χ1) is 10.8. The van der Waals surface area contributed by atoms with Crippen LogP contribution in [0.3, 0.4) is 0 Å². The number of aromatic hydroxyl groups is 1. The molecule has 124 valence electrons. The Hall–Kier alpha value is -2.83. The topological polar surface area (TPSA) is 99.1 Å². The lowest BCUT2D eigenvalue weighted by atomic mass is 10.1. The second-order valence-corrected chi connectivity index (χ2v) is 4.65. The van der Waals surface area contributed by atoms with Crippen LogP contribution >= 0.6 is 0 Å². The fraction of sp³-hybridized carbons (Fsp3) is 0.312. The Morgan fingerprint density at radius 3 is 2.48 bits per heavy atom. The van der Waals surface area contributed by atoms with Gasteiger partial charge in [-0.05, 0) is 25.5 Å². The van der Waals surface area contributed by atoms with Crippen molar-refractivity contribution < 1.29 is 33.7 Å². The van der Waals surface area contributed by atoms with E-state index in [2.05, 4.69) is 11.3 Å². The van der Waals surface area contributed by atoms with Crippen molar-refractivity contribution in [2.75, 3.05) is 7.11 Å². The van der Waals surface area contributed by atoms with Gasteiger partial charge in [0.15, 0.2) is 6.10 Å². The fourth-order valence-corrected chi connectivity index (χ4v) is 1.61. The number of methoxy groups -OCH3 is 1. The molecule has 0 heterocycles. The van der Waals surface area contributed by atoms with Crippen LogP contribution in [0.4, 0.5) is 0 Å². The van der Waals surface area contributed by atoms with Crippen LogP contribution in [0.25, 0.3) is 0 Å². The van der Waals surface area contributed by atoms with Gasteiger partial charge in [-0.3, -0.25) is 0 Å². The zero-order chi connectivity index (χ0) is 17.6. The van der Waals surface area contributed by atoms with Gasteiger partial charge in [0.05, 0.1) is 7.11 Å². The SMILES string of the molecule is C=C(C)C(=O)OC(CC)C(=O)Oc1cccc(O)c1C(=O)OC. The summed E-state index contributed by atoms with van der Waals surface area (Å²) in [7, 11) is 1.13. The summed E-state index contributed by atoms with van der Waals surface area (Å²) < 4.78 is 14.6. The Morgan fingerprint density at radius 2 is 1.96 bits per heavy atom. The molecule has 1 N–H and O–H groups in total. The predicted molar refractivity (Wildman–Crippen MR) is 80.1 cm³/mol. The first-order valence-corrected chi connectivity index (χ1v) is 6.80. The van der Waals surface area contributed by atoms with E-state index in [1.807, 2.05) is 0 Å². The number of hydrogen-bond acceptors (Lipinski definition) is 7. The highest BCUT2D eigenvalue weighted by Gasteiger charge is 2.26. The molecule has 0 bridgehead atoms. The Morgan fingerprint density at radius 1 is 1.30 bits per heavy atom. The van der Waals surface area contributed by atoms with Gasteiger partial charge >= 0.3 is 17.9 Å². The third-order valence-electron chi connectivity index (χ3n) is 2.84. The number of phenolic OH excluding ortho intramolecular Hbond substituents is 1. The zero-order valence-corrected chi connectivity index (χ0v) is 13.1. The third kappa shape index (κ3) is 4.57. The van der Waals surface area contributed by atoms with E-state index in [0.717, 1.165) is 7.11 Å². The standard InChI is InChI=1S/C16H18O7/c1-5-11(22-14(18)9(2)3)15(19)23-12-8-6-7-10(17)13(12)16(20)21-4/h6-8,11,17H,2,5H2,1,3-4H3. The van der Waals surface area contributed by atoms with Crippen molar-refractivity contribution in [3.63, 3.8) is 0 Å². The minimum absolute atomic E-state index is 0.142. The summed E-state index contributed by atoms with van der Waals surface area (Å²) in [6, 6.07) is 3.96. The monoisotopic (exact) mass is 322 g/mol. The molecule has 0 aliphatic heterocycles. The molecular weight excluding hydrogens is 304 g/mol. The van der Waals surface area contributed by atoms with E-state index < -0.39 is 29.8 Å². The van der Waals surface area contributed by atoms with Crippen molar-refractivity contribution in [1.29, 1.82) is 0 Å². The van der Waals surface area contributed by atoms with E-state index in [1.54, 1.807) is 6.92 Å². The van der Waals surface area contributed by atoms with Crippen LogP contribution in [-0.4, -0.2) is 36.2 Å².